The van der Waals surface area contributed by atoms with Gasteiger partial charge < -0.3 is 15.6 Å². The van der Waals surface area contributed by atoms with Gasteiger partial charge >= 0.3 is 12.2 Å². The molecule has 4 aromatic rings. The maximum absolute atomic E-state index is 13.2. The predicted molar refractivity (Wildman–Crippen MR) is 111 cm³/mol. The number of aromatic amines is 1. The van der Waals surface area contributed by atoms with Crippen molar-refractivity contribution in [1.82, 2.24) is 9.97 Å². The standard InChI is InChI=1S/C21H14ClF3N4O/c22-13-7-8-16-14(10-13)19(18(27-16)12-4-3-9-26-11-12)29-20(30)28-17-6-2-1-5-15(17)21(23,24)25/h1-11,27H,(H2,28,29,30). The van der Waals surface area contributed by atoms with E-state index in [1.807, 2.05) is 0 Å². The van der Waals surface area contributed by atoms with Gasteiger partial charge in [0.1, 0.15) is 0 Å². The molecule has 5 nitrogen and oxygen atoms in total. The van der Waals surface area contributed by atoms with E-state index < -0.39 is 17.8 Å². The number of alkyl halides is 3. The van der Waals surface area contributed by atoms with Gasteiger partial charge in [-0.2, -0.15) is 13.2 Å². The van der Waals surface area contributed by atoms with Crippen LogP contribution in [-0.2, 0) is 6.18 Å². The number of hydrogen-bond acceptors (Lipinski definition) is 2. The molecule has 0 bridgehead atoms. The first kappa shape index (κ1) is 19.8. The van der Waals surface area contributed by atoms with Gasteiger partial charge in [0.2, 0.25) is 0 Å². The van der Waals surface area contributed by atoms with E-state index >= 15 is 0 Å². The molecule has 2 amide bonds. The summed E-state index contributed by atoms with van der Waals surface area (Å²) in [5.41, 5.74) is 1.04. The Balaban J connectivity index is 1.72. The minimum atomic E-state index is -4.60. The van der Waals surface area contributed by atoms with Crippen LogP contribution in [-0.4, -0.2) is 16.0 Å². The Morgan fingerprint density at radius 3 is 2.57 bits per heavy atom. The lowest BCUT2D eigenvalue weighted by Crippen LogP contribution is -2.22. The van der Waals surface area contributed by atoms with E-state index in [9.17, 15) is 18.0 Å². The van der Waals surface area contributed by atoms with E-state index in [4.69, 9.17) is 11.6 Å². The molecule has 0 radical (unpaired) electrons. The number of nitrogens with zero attached hydrogens (tertiary/aromatic N) is 1. The van der Waals surface area contributed by atoms with Gasteiger partial charge in [-0.1, -0.05) is 23.7 Å². The number of benzene rings is 2. The summed E-state index contributed by atoms with van der Waals surface area (Å²) in [6.45, 7) is 0. The monoisotopic (exact) mass is 430 g/mol. The third kappa shape index (κ3) is 3.95. The Labute approximate surface area is 173 Å². The molecule has 0 saturated heterocycles. The van der Waals surface area contributed by atoms with Gasteiger partial charge in [0.15, 0.2) is 0 Å². The van der Waals surface area contributed by atoms with Gasteiger partial charge in [-0.3, -0.25) is 4.98 Å². The van der Waals surface area contributed by atoms with E-state index in [2.05, 4.69) is 20.6 Å². The van der Waals surface area contributed by atoms with Crippen molar-refractivity contribution in [2.75, 3.05) is 10.6 Å². The zero-order valence-corrected chi connectivity index (χ0v) is 16.0. The average molecular weight is 431 g/mol. The summed E-state index contributed by atoms with van der Waals surface area (Å²) in [6, 6.07) is 12.6. The van der Waals surface area contributed by atoms with Gasteiger partial charge in [-0.05, 0) is 42.5 Å². The fourth-order valence-electron chi connectivity index (χ4n) is 3.13. The van der Waals surface area contributed by atoms with Crippen LogP contribution in [0.15, 0.2) is 67.0 Å². The molecule has 152 valence electrons. The maximum atomic E-state index is 13.2. The van der Waals surface area contributed by atoms with Crippen molar-refractivity contribution >= 4 is 39.9 Å². The number of fused-ring (bicyclic) bond motifs is 1. The van der Waals surface area contributed by atoms with Gasteiger partial charge in [0.25, 0.3) is 0 Å². The highest BCUT2D eigenvalue weighted by Crippen LogP contribution is 2.37. The van der Waals surface area contributed by atoms with Crippen LogP contribution in [0, 0.1) is 0 Å². The Hall–Kier alpha value is -3.52. The molecule has 0 unspecified atom stereocenters. The second-order valence-electron chi connectivity index (χ2n) is 6.43. The number of amides is 2. The van der Waals surface area contributed by atoms with E-state index in [1.54, 1.807) is 42.7 Å². The van der Waals surface area contributed by atoms with E-state index in [-0.39, 0.29) is 5.69 Å². The van der Waals surface area contributed by atoms with Crippen molar-refractivity contribution in [3.05, 3.63) is 77.6 Å². The van der Waals surface area contributed by atoms with Crippen LogP contribution in [0.2, 0.25) is 5.02 Å². The number of para-hydroxylation sites is 1. The number of pyridine rings is 1. The molecule has 0 fully saturated rings. The molecule has 0 saturated carbocycles. The predicted octanol–water partition coefficient (Wildman–Crippen LogP) is 6.55. The van der Waals surface area contributed by atoms with E-state index in [0.717, 1.165) is 6.07 Å². The van der Waals surface area contributed by atoms with Gasteiger partial charge in [0.05, 0.1) is 22.6 Å². The first-order valence-electron chi connectivity index (χ1n) is 8.79. The van der Waals surface area contributed by atoms with Gasteiger partial charge in [-0.15, -0.1) is 0 Å². The van der Waals surface area contributed by atoms with Crippen molar-refractivity contribution in [3.8, 4) is 11.3 Å². The lowest BCUT2D eigenvalue weighted by molar-refractivity contribution is -0.136. The number of aromatic nitrogens is 2. The topological polar surface area (TPSA) is 69.8 Å². The van der Waals surface area contributed by atoms with Crippen LogP contribution < -0.4 is 10.6 Å². The molecule has 3 N–H and O–H groups in total. The van der Waals surface area contributed by atoms with Crippen LogP contribution in [0.5, 0.6) is 0 Å². The molecular formula is C21H14ClF3N4O. The Kier molecular flexibility index (Phi) is 5.09. The number of H-pyrrole nitrogens is 1. The number of hydrogen-bond donors (Lipinski definition) is 3. The zero-order chi connectivity index (χ0) is 21.3. The Morgan fingerprint density at radius 2 is 1.83 bits per heavy atom. The smallest absolute Gasteiger partial charge is 0.353 e. The molecule has 0 aliphatic heterocycles. The highest BCUT2D eigenvalue weighted by atomic mass is 35.5. The normalized spacial score (nSPS) is 11.5. The average Bonchev–Trinajstić information content (AvgIpc) is 3.06. The minimum absolute atomic E-state index is 0.344. The van der Waals surface area contributed by atoms with Crippen LogP contribution in [0.25, 0.3) is 22.2 Å². The molecule has 0 aliphatic rings. The fraction of sp³-hybridized carbons (Fsp3) is 0.0476. The first-order chi connectivity index (χ1) is 14.3. The van der Waals surface area contributed by atoms with Crippen molar-refractivity contribution < 1.29 is 18.0 Å². The number of carbonyl (C=O) groups is 1. The highest BCUT2D eigenvalue weighted by Gasteiger charge is 2.33. The van der Waals surface area contributed by atoms with Crippen molar-refractivity contribution in [2.45, 2.75) is 6.18 Å². The molecule has 0 spiro atoms. The summed E-state index contributed by atoms with van der Waals surface area (Å²) in [6.07, 6.45) is -1.38. The summed E-state index contributed by atoms with van der Waals surface area (Å²) >= 11 is 6.10. The van der Waals surface area contributed by atoms with Crippen molar-refractivity contribution in [2.24, 2.45) is 0 Å². The largest absolute Gasteiger partial charge is 0.418 e. The van der Waals surface area contributed by atoms with Crippen molar-refractivity contribution in [1.29, 1.82) is 0 Å². The number of nitrogens with one attached hydrogen (secondary N) is 3. The van der Waals surface area contributed by atoms with Gasteiger partial charge in [-0.25, -0.2) is 4.79 Å². The molecule has 9 heteroatoms. The number of halogens is 4. The third-order valence-electron chi connectivity index (χ3n) is 4.43. The maximum Gasteiger partial charge on any atom is 0.418 e. The number of anilines is 2. The molecule has 0 atom stereocenters. The number of urea groups is 1. The second-order valence-corrected chi connectivity index (χ2v) is 6.87. The van der Waals surface area contributed by atoms with Crippen molar-refractivity contribution in [3.63, 3.8) is 0 Å². The van der Waals surface area contributed by atoms with Gasteiger partial charge in [0, 0.05) is 33.9 Å². The summed E-state index contributed by atoms with van der Waals surface area (Å²) in [4.78, 5) is 19.9. The summed E-state index contributed by atoms with van der Waals surface area (Å²) in [5.74, 6) is 0. The van der Waals surface area contributed by atoms with E-state index in [0.29, 0.717) is 32.9 Å². The summed E-state index contributed by atoms with van der Waals surface area (Å²) in [5, 5.41) is 5.99. The fourth-order valence-corrected chi connectivity index (χ4v) is 3.30. The number of rotatable bonds is 3. The molecule has 30 heavy (non-hydrogen) atoms. The quantitative estimate of drug-likeness (QED) is 0.345. The van der Waals surface area contributed by atoms with Crippen LogP contribution in [0.3, 0.4) is 0 Å². The third-order valence-corrected chi connectivity index (χ3v) is 4.67. The second kappa shape index (κ2) is 7.72. The zero-order valence-electron chi connectivity index (χ0n) is 15.2. The molecule has 2 aromatic carbocycles. The van der Waals surface area contributed by atoms with Crippen LogP contribution in [0.4, 0.5) is 29.3 Å². The lowest BCUT2D eigenvalue weighted by Gasteiger charge is -2.14. The molecular weight excluding hydrogens is 417 g/mol. The molecule has 2 aromatic heterocycles. The Bertz CT molecular complexity index is 1220. The molecule has 0 aliphatic carbocycles. The summed E-state index contributed by atoms with van der Waals surface area (Å²) in [7, 11) is 0. The minimum Gasteiger partial charge on any atom is -0.353 e. The van der Waals surface area contributed by atoms with Crippen LogP contribution >= 0.6 is 11.6 Å². The number of carbonyl (C=O) groups excluding carboxylic acids is 1. The first-order valence-corrected chi connectivity index (χ1v) is 9.16. The highest BCUT2D eigenvalue weighted by molar-refractivity contribution is 6.31. The Morgan fingerprint density at radius 1 is 1.03 bits per heavy atom. The SMILES string of the molecule is O=C(Nc1ccccc1C(F)(F)F)Nc1c(-c2cccnc2)[nH]c2ccc(Cl)cc12. The van der Waals surface area contributed by atoms with Crippen LogP contribution in [0.1, 0.15) is 5.56 Å². The molecule has 4 rings (SSSR count). The van der Waals surface area contributed by atoms with E-state index in [1.165, 1.54) is 18.2 Å². The summed E-state index contributed by atoms with van der Waals surface area (Å²) < 4.78 is 39.6. The molecule has 2 heterocycles. The lowest BCUT2D eigenvalue weighted by atomic mass is 10.1.